The largest absolute Gasteiger partial charge is 0.496 e. The molecule has 7 heteroatoms. The molecule has 0 unspecified atom stereocenters. The van der Waals surface area contributed by atoms with Crippen molar-refractivity contribution in [2.45, 2.75) is 69.7 Å². The lowest BCUT2D eigenvalue weighted by Gasteiger charge is -2.51. The van der Waals surface area contributed by atoms with Crippen LogP contribution in [0.25, 0.3) is 6.08 Å². The molecule has 2 aliphatic rings. The van der Waals surface area contributed by atoms with Crippen molar-refractivity contribution in [1.29, 1.82) is 0 Å². The molecule has 0 aromatic carbocycles. The summed E-state index contributed by atoms with van der Waals surface area (Å²) in [7, 11) is 1.50. The molecule has 3 heterocycles. The van der Waals surface area contributed by atoms with Gasteiger partial charge in [-0.3, -0.25) is 0 Å². The summed E-state index contributed by atoms with van der Waals surface area (Å²) >= 11 is 0. The lowest BCUT2D eigenvalue weighted by atomic mass is 9.73. The average molecular weight is 418 g/mol. The van der Waals surface area contributed by atoms with Crippen LogP contribution in [-0.4, -0.2) is 52.4 Å². The van der Waals surface area contributed by atoms with E-state index in [9.17, 15) is 15.0 Å². The molecule has 2 bridgehead atoms. The summed E-state index contributed by atoms with van der Waals surface area (Å²) in [5.41, 5.74) is -2.81. The smallest absolute Gasteiger partial charge is 0.339 e. The fourth-order valence-electron chi connectivity index (χ4n) is 4.37. The van der Waals surface area contributed by atoms with Crippen molar-refractivity contribution in [3.05, 3.63) is 58.2 Å². The van der Waals surface area contributed by atoms with Crippen LogP contribution in [-0.2, 0) is 9.47 Å². The Morgan fingerprint density at radius 1 is 1.07 bits per heavy atom. The standard InChI is InChI=1S/C23H30O7/c1-14-16(28-18(24)13-17(14)27-6)11-9-7-8-10-12-21(3)19(25)23(5)20(26)22(4,30-21)15(2)29-23/h7-13,15,19-20,25-26H,1-6H3/t15-,19+,20-,21-,22-,23+/m1/s1. The Balaban J connectivity index is 1.74. The van der Waals surface area contributed by atoms with Gasteiger partial charge in [-0.15, -0.1) is 0 Å². The van der Waals surface area contributed by atoms with E-state index in [1.165, 1.54) is 13.2 Å². The molecule has 7 nitrogen and oxygen atoms in total. The second kappa shape index (κ2) is 7.81. The lowest BCUT2D eigenvalue weighted by Crippen LogP contribution is -2.69. The Bertz CT molecular complexity index is 945. The molecule has 3 rings (SSSR count). The highest BCUT2D eigenvalue weighted by Crippen LogP contribution is 2.52. The first kappa shape index (κ1) is 22.5. The number of fused-ring (bicyclic) bond motifs is 2. The summed E-state index contributed by atoms with van der Waals surface area (Å²) in [6.45, 7) is 8.92. The molecule has 164 valence electrons. The molecule has 0 spiro atoms. The number of ether oxygens (including phenoxy) is 3. The number of aliphatic hydroxyl groups is 2. The number of methoxy groups -OCH3 is 1. The molecule has 0 aliphatic carbocycles. The second-order valence-electron chi connectivity index (χ2n) is 8.44. The Morgan fingerprint density at radius 3 is 2.40 bits per heavy atom. The molecule has 1 aromatic rings. The molecule has 0 amide bonds. The molecule has 2 aliphatic heterocycles. The molecule has 0 saturated carbocycles. The monoisotopic (exact) mass is 418 g/mol. The Labute approximate surface area is 176 Å². The maximum Gasteiger partial charge on any atom is 0.339 e. The minimum atomic E-state index is -1.11. The van der Waals surface area contributed by atoms with Crippen LogP contribution in [0.4, 0.5) is 0 Å². The van der Waals surface area contributed by atoms with E-state index < -0.39 is 34.6 Å². The third-order valence-corrected chi connectivity index (χ3v) is 6.28. The highest BCUT2D eigenvalue weighted by Gasteiger charge is 2.70. The minimum Gasteiger partial charge on any atom is -0.496 e. The van der Waals surface area contributed by atoms with E-state index in [4.69, 9.17) is 18.6 Å². The van der Waals surface area contributed by atoms with Crippen molar-refractivity contribution in [2.24, 2.45) is 0 Å². The third kappa shape index (κ3) is 3.56. The van der Waals surface area contributed by atoms with Gasteiger partial charge in [0.2, 0.25) is 0 Å². The van der Waals surface area contributed by atoms with Crippen molar-refractivity contribution < 1.29 is 28.8 Å². The summed E-state index contributed by atoms with van der Waals surface area (Å²) in [5.74, 6) is 0.893. The average Bonchev–Trinajstić information content (AvgIpc) is 2.82. The first-order chi connectivity index (χ1) is 14.0. The number of allylic oxidation sites excluding steroid dienone is 4. The fraction of sp³-hybridized carbons (Fsp3) is 0.522. The normalized spacial score (nSPS) is 38.9. The van der Waals surface area contributed by atoms with Crippen LogP contribution in [0.1, 0.15) is 39.0 Å². The summed E-state index contributed by atoms with van der Waals surface area (Å²) < 4.78 is 22.4. The van der Waals surface area contributed by atoms with Crippen LogP contribution in [0.5, 0.6) is 5.75 Å². The van der Waals surface area contributed by atoms with Crippen LogP contribution < -0.4 is 10.4 Å². The van der Waals surface area contributed by atoms with Crippen LogP contribution in [0.3, 0.4) is 0 Å². The molecule has 1 aromatic heterocycles. The zero-order chi connectivity index (χ0) is 22.3. The zero-order valence-electron chi connectivity index (χ0n) is 18.2. The van der Waals surface area contributed by atoms with Gasteiger partial charge >= 0.3 is 5.63 Å². The SMILES string of the molecule is COc1cc(=O)oc(C=CC=CC=C[C@@]2(C)O[C@@]3(C)[C@@H](O)[C@@](C)(O[C@@H]3C)[C@H]2O)c1C. The molecule has 6 atom stereocenters. The lowest BCUT2D eigenvalue weighted by molar-refractivity contribution is -0.261. The second-order valence-corrected chi connectivity index (χ2v) is 8.44. The molecular weight excluding hydrogens is 388 g/mol. The molecule has 0 radical (unpaired) electrons. The van der Waals surface area contributed by atoms with Crippen molar-refractivity contribution >= 4 is 6.08 Å². The van der Waals surface area contributed by atoms with E-state index in [1.54, 1.807) is 64.2 Å². The van der Waals surface area contributed by atoms with Crippen molar-refractivity contribution in [2.75, 3.05) is 7.11 Å². The quantitative estimate of drug-likeness (QED) is 0.709. The molecule has 2 N–H and O–H groups in total. The summed E-state index contributed by atoms with van der Waals surface area (Å²) in [6, 6.07) is 1.30. The van der Waals surface area contributed by atoms with Gasteiger partial charge in [0.25, 0.3) is 0 Å². The first-order valence-corrected chi connectivity index (χ1v) is 9.93. The summed E-state index contributed by atoms with van der Waals surface area (Å²) in [6.07, 6.45) is 8.11. The van der Waals surface area contributed by atoms with Crippen molar-refractivity contribution in [1.82, 2.24) is 0 Å². The van der Waals surface area contributed by atoms with Gasteiger partial charge in [-0.25, -0.2) is 4.79 Å². The predicted molar refractivity (Wildman–Crippen MR) is 112 cm³/mol. The molecular formula is C23H30O7. The maximum atomic E-state index is 11.6. The number of hydrogen-bond acceptors (Lipinski definition) is 7. The summed E-state index contributed by atoms with van der Waals surface area (Å²) in [4.78, 5) is 11.6. The van der Waals surface area contributed by atoms with Gasteiger partial charge in [-0.1, -0.05) is 30.4 Å². The van der Waals surface area contributed by atoms with Gasteiger partial charge in [0.15, 0.2) is 0 Å². The molecule has 2 fully saturated rings. The van der Waals surface area contributed by atoms with Gasteiger partial charge in [-0.2, -0.15) is 0 Å². The van der Waals surface area contributed by atoms with Crippen molar-refractivity contribution in [3.8, 4) is 5.75 Å². The number of rotatable bonds is 5. The number of aliphatic hydroxyl groups excluding tert-OH is 2. The van der Waals surface area contributed by atoms with E-state index in [0.717, 1.165) is 5.56 Å². The van der Waals surface area contributed by atoms with Gasteiger partial charge in [0.1, 0.15) is 40.5 Å². The van der Waals surface area contributed by atoms with Crippen LogP contribution in [0, 0.1) is 6.92 Å². The predicted octanol–water partition coefficient (Wildman–Crippen LogP) is 2.53. The van der Waals surface area contributed by atoms with Gasteiger partial charge in [-0.05, 0) is 40.7 Å². The van der Waals surface area contributed by atoms with Crippen LogP contribution >= 0.6 is 0 Å². The Hall–Kier alpha value is -2.19. The van der Waals surface area contributed by atoms with E-state index >= 15 is 0 Å². The highest BCUT2D eigenvalue weighted by molar-refractivity contribution is 5.52. The third-order valence-electron chi connectivity index (χ3n) is 6.28. The van der Waals surface area contributed by atoms with Gasteiger partial charge in [0, 0.05) is 5.56 Å². The van der Waals surface area contributed by atoms with Gasteiger partial charge in [0.05, 0.1) is 19.3 Å². The Morgan fingerprint density at radius 2 is 1.73 bits per heavy atom. The minimum absolute atomic E-state index is 0.360. The number of hydrogen-bond donors (Lipinski definition) is 2. The van der Waals surface area contributed by atoms with Gasteiger partial charge < -0.3 is 28.8 Å². The fourth-order valence-corrected chi connectivity index (χ4v) is 4.37. The molecule has 2 saturated heterocycles. The highest BCUT2D eigenvalue weighted by atomic mass is 16.6. The zero-order valence-corrected chi connectivity index (χ0v) is 18.2. The topological polar surface area (TPSA) is 98.4 Å². The van der Waals surface area contributed by atoms with E-state index in [2.05, 4.69) is 0 Å². The van der Waals surface area contributed by atoms with Crippen LogP contribution in [0.15, 0.2) is 45.7 Å². The van der Waals surface area contributed by atoms with E-state index in [1.807, 2.05) is 6.92 Å². The van der Waals surface area contributed by atoms with E-state index in [-0.39, 0.29) is 6.10 Å². The summed E-state index contributed by atoms with van der Waals surface area (Å²) in [5, 5.41) is 21.5. The Kier molecular flexibility index (Phi) is 5.86. The maximum absolute atomic E-state index is 11.6. The van der Waals surface area contributed by atoms with E-state index in [0.29, 0.717) is 11.5 Å². The molecule has 30 heavy (non-hydrogen) atoms. The van der Waals surface area contributed by atoms with Crippen LogP contribution in [0.2, 0.25) is 0 Å². The van der Waals surface area contributed by atoms with Crippen molar-refractivity contribution in [3.63, 3.8) is 0 Å². The first-order valence-electron chi connectivity index (χ1n) is 9.93.